The molecule has 2 aliphatic heterocycles. The molecule has 27 heavy (non-hydrogen) atoms. The van der Waals surface area contributed by atoms with E-state index in [1.165, 1.54) is 4.68 Å². The molecular weight excluding hydrogens is 346 g/mol. The van der Waals surface area contributed by atoms with Crippen LogP contribution >= 0.6 is 0 Å². The van der Waals surface area contributed by atoms with Crippen LogP contribution in [0.4, 0.5) is 11.4 Å². The quantitative estimate of drug-likeness (QED) is 0.885. The number of hydrogen-bond acceptors (Lipinski definition) is 4. The zero-order valence-corrected chi connectivity index (χ0v) is 15.2. The minimum atomic E-state index is -0.296. The van der Waals surface area contributed by atoms with Gasteiger partial charge >= 0.3 is 5.69 Å². The number of anilines is 2. The minimum Gasteiger partial charge on any atom is -0.324 e. The fourth-order valence-electron chi connectivity index (χ4n) is 3.71. The third kappa shape index (κ3) is 3.65. The molecule has 2 aromatic rings. The summed E-state index contributed by atoms with van der Waals surface area (Å²) in [6.45, 7) is 1.30. The highest BCUT2D eigenvalue weighted by Crippen LogP contribution is 2.23. The van der Waals surface area contributed by atoms with Crippen LogP contribution in [0.3, 0.4) is 0 Å². The Hall–Kier alpha value is -2.90. The summed E-state index contributed by atoms with van der Waals surface area (Å²) >= 11 is 0. The molecule has 1 saturated heterocycles. The van der Waals surface area contributed by atoms with Crippen LogP contribution in [-0.4, -0.2) is 32.7 Å². The van der Waals surface area contributed by atoms with Crippen LogP contribution < -0.4 is 15.9 Å². The maximum atomic E-state index is 12.4. The molecule has 2 aliphatic rings. The van der Waals surface area contributed by atoms with E-state index in [-0.39, 0.29) is 24.0 Å². The number of nitrogens with one attached hydrogen (secondary N) is 1. The van der Waals surface area contributed by atoms with Gasteiger partial charge < -0.3 is 10.2 Å². The van der Waals surface area contributed by atoms with Crippen molar-refractivity contribution in [1.29, 1.82) is 0 Å². The van der Waals surface area contributed by atoms with Crippen LogP contribution in [-0.2, 0) is 29.1 Å². The molecule has 1 aromatic carbocycles. The lowest BCUT2D eigenvalue weighted by atomic mass is 10.2. The molecule has 0 saturated carbocycles. The summed E-state index contributed by atoms with van der Waals surface area (Å²) in [5.41, 5.74) is 1.25. The van der Waals surface area contributed by atoms with Crippen molar-refractivity contribution in [2.75, 3.05) is 16.8 Å². The number of amides is 2. The minimum absolute atomic E-state index is 0.106. The zero-order valence-electron chi connectivity index (χ0n) is 15.2. The van der Waals surface area contributed by atoms with Gasteiger partial charge in [-0.2, -0.15) is 5.10 Å². The van der Waals surface area contributed by atoms with Crippen LogP contribution in [0.2, 0.25) is 0 Å². The molecule has 0 spiro atoms. The molecular formula is C19H23N5O3. The van der Waals surface area contributed by atoms with E-state index in [4.69, 9.17) is 0 Å². The van der Waals surface area contributed by atoms with Gasteiger partial charge in [-0.15, -0.1) is 0 Å². The molecule has 142 valence electrons. The third-order valence-corrected chi connectivity index (χ3v) is 5.11. The van der Waals surface area contributed by atoms with Crippen molar-refractivity contribution in [3.05, 3.63) is 40.6 Å². The molecule has 0 unspecified atom stereocenters. The summed E-state index contributed by atoms with van der Waals surface area (Å²) in [4.78, 5) is 38.3. The fraction of sp³-hybridized carbons (Fsp3) is 0.474. The second kappa shape index (κ2) is 7.38. The normalized spacial score (nSPS) is 16.9. The van der Waals surface area contributed by atoms with Gasteiger partial charge in [0.2, 0.25) is 11.8 Å². The van der Waals surface area contributed by atoms with Crippen molar-refractivity contribution in [2.24, 2.45) is 0 Å². The molecule has 1 aromatic heterocycles. The molecule has 1 fully saturated rings. The van der Waals surface area contributed by atoms with Gasteiger partial charge in [-0.3, -0.25) is 14.2 Å². The van der Waals surface area contributed by atoms with E-state index in [0.29, 0.717) is 18.7 Å². The van der Waals surface area contributed by atoms with E-state index < -0.39 is 0 Å². The summed E-state index contributed by atoms with van der Waals surface area (Å²) < 4.78 is 2.93. The monoisotopic (exact) mass is 369 g/mol. The van der Waals surface area contributed by atoms with Gasteiger partial charge in [0.25, 0.3) is 0 Å². The Balaban J connectivity index is 1.41. The lowest BCUT2D eigenvalue weighted by Crippen LogP contribution is -2.30. The molecule has 0 aliphatic carbocycles. The van der Waals surface area contributed by atoms with E-state index >= 15 is 0 Å². The Labute approximate surface area is 156 Å². The number of nitrogens with zero attached hydrogens (tertiary/aromatic N) is 4. The van der Waals surface area contributed by atoms with Crippen molar-refractivity contribution in [2.45, 2.75) is 51.6 Å². The number of carbonyl (C=O) groups is 2. The number of hydrogen-bond donors (Lipinski definition) is 1. The molecule has 0 atom stereocenters. The van der Waals surface area contributed by atoms with Crippen molar-refractivity contribution < 1.29 is 9.59 Å². The van der Waals surface area contributed by atoms with Crippen LogP contribution in [0, 0.1) is 0 Å². The Morgan fingerprint density at radius 3 is 2.56 bits per heavy atom. The number of carbonyl (C=O) groups excluding carboxylic acids is 2. The number of aryl methyl sites for hydroxylation is 1. The zero-order chi connectivity index (χ0) is 18.8. The lowest BCUT2D eigenvalue weighted by molar-refractivity contribution is -0.117. The molecule has 0 bridgehead atoms. The topological polar surface area (TPSA) is 89.2 Å². The Morgan fingerprint density at radius 1 is 1.00 bits per heavy atom. The van der Waals surface area contributed by atoms with E-state index in [2.05, 4.69) is 10.4 Å². The van der Waals surface area contributed by atoms with Gasteiger partial charge in [-0.1, -0.05) is 6.42 Å². The van der Waals surface area contributed by atoms with Crippen molar-refractivity contribution in [3.63, 3.8) is 0 Å². The Kier molecular flexibility index (Phi) is 4.79. The smallest absolute Gasteiger partial charge is 0.324 e. The molecule has 4 rings (SSSR count). The fourth-order valence-corrected chi connectivity index (χ4v) is 3.71. The van der Waals surface area contributed by atoms with Crippen LogP contribution in [0.5, 0.6) is 0 Å². The number of rotatable bonds is 4. The summed E-state index contributed by atoms with van der Waals surface area (Å²) in [6.07, 6.45) is 5.33. The van der Waals surface area contributed by atoms with Gasteiger partial charge in [-0.05, 0) is 43.5 Å². The third-order valence-electron chi connectivity index (χ3n) is 5.11. The maximum absolute atomic E-state index is 12.4. The largest absolute Gasteiger partial charge is 0.346 e. The molecule has 3 heterocycles. The first-order valence-electron chi connectivity index (χ1n) is 9.48. The van der Waals surface area contributed by atoms with E-state index in [1.807, 2.05) is 12.1 Å². The summed E-state index contributed by atoms with van der Waals surface area (Å²) in [5, 5.41) is 7.12. The van der Waals surface area contributed by atoms with Crippen molar-refractivity contribution in [3.8, 4) is 0 Å². The van der Waals surface area contributed by atoms with Crippen molar-refractivity contribution in [1.82, 2.24) is 14.3 Å². The van der Waals surface area contributed by atoms with E-state index in [9.17, 15) is 14.4 Å². The summed E-state index contributed by atoms with van der Waals surface area (Å²) in [5.74, 6) is 0.603. The lowest BCUT2D eigenvalue weighted by Gasteiger charge is -2.16. The van der Waals surface area contributed by atoms with Gasteiger partial charge in [0.05, 0.1) is 0 Å². The molecule has 8 heteroatoms. The Morgan fingerprint density at radius 2 is 1.81 bits per heavy atom. The van der Waals surface area contributed by atoms with Crippen LogP contribution in [0.1, 0.15) is 37.9 Å². The van der Waals surface area contributed by atoms with Gasteiger partial charge in [0.1, 0.15) is 12.4 Å². The highest BCUT2D eigenvalue weighted by atomic mass is 16.2. The summed E-state index contributed by atoms with van der Waals surface area (Å²) in [6, 6.07) is 7.18. The summed E-state index contributed by atoms with van der Waals surface area (Å²) in [7, 11) is 0. The number of fused-ring (bicyclic) bond motifs is 1. The predicted octanol–water partition coefficient (Wildman–Crippen LogP) is 1.54. The molecule has 1 N–H and O–H groups in total. The second-order valence-electron chi connectivity index (χ2n) is 7.06. The molecule has 2 amide bonds. The average molecular weight is 369 g/mol. The Bertz CT molecular complexity index is 912. The van der Waals surface area contributed by atoms with Gasteiger partial charge in [0, 0.05) is 37.3 Å². The van der Waals surface area contributed by atoms with E-state index in [0.717, 1.165) is 50.2 Å². The highest BCUT2D eigenvalue weighted by molar-refractivity contribution is 5.96. The van der Waals surface area contributed by atoms with Crippen LogP contribution in [0.25, 0.3) is 0 Å². The second-order valence-corrected chi connectivity index (χ2v) is 7.06. The maximum Gasteiger partial charge on any atom is 0.346 e. The first kappa shape index (κ1) is 17.5. The van der Waals surface area contributed by atoms with E-state index in [1.54, 1.807) is 21.6 Å². The standard InChI is InChI=1S/C19H23N5O3/c25-17(13-24-19(27)23-11-3-1-2-5-16(23)21-24)20-14-7-9-15(10-8-14)22-12-4-6-18(22)26/h7-10H,1-6,11-13H2,(H,20,25). The first-order chi connectivity index (χ1) is 13.1. The predicted molar refractivity (Wildman–Crippen MR) is 101 cm³/mol. The first-order valence-corrected chi connectivity index (χ1v) is 9.48. The molecule has 0 radical (unpaired) electrons. The van der Waals surface area contributed by atoms with Crippen LogP contribution in [0.15, 0.2) is 29.1 Å². The van der Waals surface area contributed by atoms with Gasteiger partial charge in [-0.25, -0.2) is 9.48 Å². The van der Waals surface area contributed by atoms with Crippen molar-refractivity contribution >= 4 is 23.2 Å². The van der Waals surface area contributed by atoms with Gasteiger partial charge in [0.15, 0.2) is 0 Å². The SMILES string of the molecule is O=C(Cn1nc2n(c1=O)CCCCC2)Nc1ccc(N2CCCC2=O)cc1. The number of aromatic nitrogens is 3. The highest BCUT2D eigenvalue weighted by Gasteiger charge is 2.21. The molecule has 8 nitrogen and oxygen atoms in total. The average Bonchev–Trinajstić information content (AvgIpc) is 3.10. The number of benzene rings is 1.